The first-order valence-electron chi connectivity index (χ1n) is 9.60. The Morgan fingerprint density at radius 2 is 1.44 bits per heavy atom. The van der Waals surface area contributed by atoms with Crippen LogP contribution in [0.4, 0.5) is 0 Å². The Labute approximate surface area is 160 Å². The summed E-state index contributed by atoms with van der Waals surface area (Å²) in [6.45, 7) is 3.55. The highest BCUT2D eigenvalue weighted by Gasteiger charge is 2.33. The number of nitrogens with one attached hydrogen (secondary N) is 2. The number of carbonyl (C=O) groups is 2. The van der Waals surface area contributed by atoms with Crippen molar-refractivity contribution in [3.05, 3.63) is 71.8 Å². The van der Waals surface area contributed by atoms with Crippen molar-refractivity contribution in [1.29, 1.82) is 0 Å². The van der Waals surface area contributed by atoms with Crippen molar-refractivity contribution < 1.29 is 14.5 Å². The predicted molar refractivity (Wildman–Crippen MR) is 105 cm³/mol. The molecular weight excluding hydrogens is 338 g/mol. The molecule has 0 spiro atoms. The maximum atomic E-state index is 13.0. The lowest BCUT2D eigenvalue weighted by atomic mass is 9.95. The summed E-state index contributed by atoms with van der Waals surface area (Å²) in [5.74, 6) is -0.245. The molecule has 0 aromatic heterocycles. The minimum atomic E-state index is -0.223. The SMILES string of the molecule is C[C@@H](C(=O)NC(c1ccccc1)c1ccccc1)[NH+]1CCC(C(N)=O)CC1. The highest BCUT2D eigenvalue weighted by atomic mass is 16.2. The van der Waals surface area contributed by atoms with Gasteiger partial charge in [0.15, 0.2) is 6.04 Å². The third-order valence-electron chi connectivity index (χ3n) is 5.59. The van der Waals surface area contributed by atoms with Crippen molar-refractivity contribution in [2.24, 2.45) is 11.7 Å². The first-order valence-corrected chi connectivity index (χ1v) is 9.60. The molecule has 1 saturated heterocycles. The second-order valence-corrected chi connectivity index (χ2v) is 7.32. The quantitative estimate of drug-likeness (QED) is 0.715. The summed E-state index contributed by atoms with van der Waals surface area (Å²) >= 11 is 0. The first kappa shape index (κ1) is 19.1. The molecule has 1 aliphatic rings. The fourth-order valence-corrected chi connectivity index (χ4v) is 3.81. The van der Waals surface area contributed by atoms with Crippen molar-refractivity contribution in [2.45, 2.75) is 31.8 Å². The lowest BCUT2D eigenvalue weighted by Crippen LogP contribution is -3.17. The number of benzene rings is 2. The molecule has 0 aliphatic carbocycles. The van der Waals surface area contributed by atoms with E-state index in [-0.39, 0.29) is 29.8 Å². The molecule has 0 bridgehead atoms. The number of likely N-dealkylation sites (tertiary alicyclic amines) is 1. The molecule has 27 heavy (non-hydrogen) atoms. The second kappa shape index (κ2) is 8.82. The van der Waals surface area contributed by atoms with Crippen molar-refractivity contribution in [2.75, 3.05) is 13.1 Å². The van der Waals surface area contributed by atoms with E-state index in [1.54, 1.807) is 0 Å². The number of primary amides is 1. The molecule has 0 unspecified atom stereocenters. The van der Waals surface area contributed by atoms with Crippen LogP contribution in [-0.2, 0) is 9.59 Å². The molecule has 1 heterocycles. The summed E-state index contributed by atoms with van der Waals surface area (Å²) in [6.07, 6.45) is 1.51. The zero-order valence-corrected chi connectivity index (χ0v) is 15.7. The van der Waals surface area contributed by atoms with Crippen molar-refractivity contribution in [1.82, 2.24) is 5.32 Å². The smallest absolute Gasteiger partial charge is 0.278 e. The summed E-state index contributed by atoms with van der Waals surface area (Å²) in [5.41, 5.74) is 7.54. The first-order chi connectivity index (χ1) is 13.1. The van der Waals surface area contributed by atoms with E-state index < -0.39 is 0 Å². The van der Waals surface area contributed by atoms with Gasteiger partial charge in [-0.3, -0.25) is 9.59 Å². The third kappa shape index (κ3) is 4.74. The van der Waals surface area contributed by atoms with Crippen LogP contribution in [0.25, 0.3) is 0 Å². The van der Waals surface area contributed by atoms with Crippen LogP contribution in [0.3, 0.4) is 0 Å². The van der Waals surface area contributed by atoms with E-state index >= 15 is 0 Å². The van der Waals surface area contributed by atoms with Crippen molar-refractivity contribution >= 4 is 11.8 Å². The minimum absolute atomic E-state index is 0.0280. The van der Waals surface area contributed by atoms with E-state index in [0.717, 1.165) is 37.1 Å². The van der Waals surface area contributed by atoms with Crippen LogP contribution in [0.15, 0.2) is 60.7 Å². The Morgan fingerprint density at radius 1 is 0.963 bits per heavy atom. The highest BCUT2D eigenvalue weighted by Crippen LogP contribution is 2.21. The van der Waals surface area contributed by atoms with Gasteiger partial charge in [0.2, 0.25) is 5.91 Å². The molecule has 1 fully saturated rings. The van der Waals surface area contributed by atoms with Crippen LogP contribution in [-0.4, -0.2) is 30.9 Å². The van der Waals surface area contributed by atoms with Gasteiger partial charge in [-0.05, 0) is 18.1 Å². The Hall–Kier alpha value is -2.66. The van der Waals surface area contributed by atoms with E-state index in [1.807, 2.05) is 67.6 Å². The van der Waals surface area contributed by atoms with Crippen LogP contribution < -0.4 is 16.0 Å². The van der Waals surface area contributed by atoms with E-state index in [2.05, 4.69) is 5.32 Å². The number of hydrogen-bond donors (Lipinski definition) is 3. The molecule has 3 rings (SSSR count). The molecule has 5 nitrogen and oxygen atoms in total. The zero-order valence-electron chi connectivity index (χ0n) is 15.7. The van der Waals surface area contributed by atoms with Crippen LogP contribution in [0.2, 0.25) is 0 Å². The van der Waals surface area contributed by atoms with E-state index in [9.17, 15) is 9.59 Å². The molecule has 5 heteroatoms. The van der Waals surface area contributed by atoms with Crippen molar-refractivity contribution in [3.63, 3.8) is 0 Å². The molecule has 4 N–H and O–H groups in total. The minimum Gasteiger partial charge on any atom is -0.369 e. The average Bonchev–Trinajstić information content (AvgIpc) is 2.72. The van der Waals surface area contributed by atoms with Crippen LogP contribution in [0, 0.1) is 5.92 Å². The van der Waals surface area contributed by atoms with Gasteiger partial charge in [0.25, 0.3) is 5.91 Å². The molecular formula is C22H28N3O2+. The van der Waals surface area contributed by atoms with E-state index in [1.165, 1.54) is 4.90 Å². The maximum absolute atomic E-state index is 13.0. The van der Waals surface area contributed by atoms with E-state index in [0.29, 0.717) is 0 Å². The highest BCUT2D eigenvalue weighted by molar-refractivity contribution is 5.81. The molecule has 0 saturated carbocycles. The number of nitrogens with two attached hydrogens (primary N) is 1. The summed E-state index contributed by atoms with van der Waals surface area (Å²) in [6, 6.07) is 19.7. The van der Waals surface area contributed by atoms with Gasteiger partial charge in [-0.15, -0.1) is 0 Å². The zero-order chi connectivity index (χ0) is 19.2. The Kier molecular flexibility index (Phi) is 6.24. The van der Waals surface area contributed by atoms with Gasteiger partial charge in [0.05, 0.1) is 19.1 Å². The fourth-order valence-electron chi connectivity index (χ4n) is 3.81. The van der Waals surface area contributed by atoms with Gasteiger partial charge in [-0.25, -0.2) is 0 Å². The van der Waals surface area contributed by atoms with E-state index in [4.69, 9.17) is 5.73 Å². The lowest BCUT2D eigenvalue weighted by molar-refractivity contribution is -0.919. The lowest BCUT2D eigenvalue weighted by Gasteiger charge is -2.32. The van der Waals surface area contributed by atoms with Gasteiger partial charge in [-0.1, -0.05) is 60.7 Å². The molecule has 2 aromatic carbocycles. The number of amides is 2. The number of piperidine rings is 1. The molecule has 1 aliphatic heterocycles. The number of rotatable bonds is 6. The Bertz CT molecular complexity index is 716. The van der Waals surface area contributed by atoms with Crippen LogP contribution in [0.5, 0.6) is 0 Å². The van der Waals surface area contributed by atoms with Crippen molar-refractivity contribution in [3.8, 4) is 0 Å². The molecule has 0 radical (unpaired) electrons. The van der Waals surface area contributed by atoms with Gasteiger partial charge in [0.1, 0.15) is 0 Å². The standard InChI is InChI=1S/C22H27N3O2/c1-16(25-14-12-19(13-15-25)21(23)26)22(27)24-20(17-8-4-2-5-9-17)18-10-6-3-7-11-18/h2-11,16,19-20H,12-15H2,1H3,(H2,23,26)(H,24,27)/p+1/t16-/m0/s1. The fraction of sp³-hybridized carbons (Fsp3) is 0.364. The van der Waals surface area contributed by atoms with Gasteiger partial charge in [-0.2, -0.15) is 0 Å². The average molecular weight is 366 g/mol. The van der Waals surface area contributed by atoms with Gasteiger partial charge >= 0.3 is 0 Å². The van der Waals surface area contributed by atoms with Crippen LogP contribution >= 0.6 is 0 Å². The predicted octanol–water partition coefficient (Wildman–Crippen LogP) is 1.06. The normalized spacial score (nSPS) is 20.8. The second-order valence-electron chi connectivity index (χ2n) is 7.32. The third-order valence-corrected chi connectivity index (χ3v) is 5.59. The van der Waals surface area contributed by atoms with Gasteiger partial charge in [0, 0.05) is 18.8 Å². The number of hydrogen-bond acceptors (Lipinski definition) is 2. The molecule has 2 aromatic rings. The molecule has 2 amide bonds. The topological polar surface area (TPSA) is 76.6 Å². The largest absolute Gasteiger partial charge is 0.369 e. The summed E-state index contributed by atoms with van der Waals surface area (Å²) in [4.78, 5) is 25.6. The number of quaternary nitrogens is 1. The number of carbonyl (C=O) groups excluding carboxylic acids is 2. The summed E-state index contributed by atoms with van der Waals surface area (Å²) in [7, 11) is 0. The molecule has 1 atom stereocenters. The summed E-state index contributed by atoms with van der Waals surface area (Å²) < 4.78 is 0. The van der Waals surface area contributed by atoms with Crippen LogP contribution in [0.1, 0.15) is 36.9 Å². The Balaban J connectivity index is 1.70. The monoisotopic (exact) mass is 366 g/mol. The maximum Gasteiger partial charge on any atom is 0.278 e. The Morgan fingerprint density at radius 3 is 1.89 bits per heavy atom. The molecule has 142 valence electrons. The summed E-state index contributed by atoms with van der Waals surface area (Å²) in [5, 5.41) is 3.23. The van der Waals surface area contributed by atoms with Gasteiger partial charge < -0.3 is 16.0 Å².